The van der Waals surface area contributed by atoms with Gasteiger partial charge in [0.2, 0.25) is 0 Å². The van der Waals surface area contributed by atoms with E-state index < -0.39 is 7.60 Å². The predicted octanol–water partition coefficient (Wildman–Crippen LogP) is 3.30. The van der Waals surface area contributed by atoms with E-state index in [1.807, 2.05) is 27.7 Å². The van der Waals surface area contributed by atoms with Gasteiger partial charge in [-0.25, -0.2) is 0 Å². The second kappa shape index (κ2) is 4.59. The first-order chi connectivity index (χ1) is 5.69. The zero-order valence-electron chi connectivity index (χ0n) is 9.46. The van der Waals surface area contributed by atoms with Crippen LogP contribution in [0.25, 0.3) is 0 Å². The van der Waals surface area contributed by atoms with Crippen LogP contribution in [-0.4, -0.2) is 19.4 Å². The summed E-state index contributed by atoms with van der Waals surface area (Å²) >= 11 is 0. The van der Waals surface area contributed by atoms with Crippen molar-refractivity contribution in [2.24, 2.45) is 5.41 Å². The van der Waals surface area contributed by atoms with Crippen LogP contribution in [0.5, 0.6) is 0 Å². The van der Waals surface area contributed by atoms with E-state index in [1.165, 1.54) is 6.66 Å². The Morgan fingerprint density at radius 2 is 1.85 bits per heavy atom. The third-order valence-corrected chi connectivity index (χ3v) is 3.36. The first-order valence-electron chi connectivity index (χ1n) is 4.59. The maximum absolute atomic E-state index is 11.6. The molecule has 4 heteroatoms. The lowest BCUT2D eigenvalue weighted by atomic mass is 9.91. The molecular formula is C9H21O3P. The van der Waals surface area contributed by atoms with Gasteiger partial charge >= 0.3 is 7.60 Å². The highest BCUT2D eigenvalue weighted by molar-refractivity contribution is 7.53. The summed E-state index contributed by atoms with van der Waals surface area (Å²) in [6, 6.07) is 0. The van der Waals surface area contributed by atoms with E-state index in [1.54, 1.807) is 6.92 Å². The smallest absolute Gasteiger partial charge is 0.309 e. The first kappa shape index (κ1) is 13.2. The van der Waals surface area contributed by atoms with Crippen LogP contribution in [0.4, 0.5) is 0 Å². The quantitative estimate of drug-likeness (QED) is 0.665. The second-order valence-corrected chi connectivity index (χ2v) is 6.31. The van der Waals surface area contributed by atoms with Crippen molar-refractivity contribution in [3.63, 3.8) is 0 Å². The summed E-state index contributed by atoms with van der Waals surface area (Å²) in [7, 11) is -2.85. The minimum atomic E-state index is -2.85. The molecule has 0 amide bonds. The van der Waals surface area contributed by atoms with Gasteiger partial charge < -0.3 is 9.05 Å². The van der Waals surface area contributed by atoms with Crippen molar-refractivity contribution in [3.8, 4) is 0 Å². The molecule has 2 atom stereocenters. The minimum Gasteiger partial charge on any atom is -0.309 e. The SMILES string of the molecule is CCOP(C)(=O)OC(C)C(C)(C)C. The average molecular weight is 208 g/mol. The number of hydrogen-bond acceptors (Lipinski definition) is 3. The van der Waals surface area contributed by atoms with Crippen molar-refractivity contribution >= 4 is 7.60 Å². The van der Waals surface area contributed by atoms with Crippen LogP contribution >= 0.6 is 7.60 Å². The predicted molar refractivity (Wildman–Crippen MR) is 55.2 cm³/mol. The van der Waals surface area contributed by atoms with Gasteiger partial charge in [0, 0.05) is 6.66 Å². The largest absolute Gasteiger partial charge is 0.327 e. The molecule has 80 valence electrons. The van der Waals surface area contributed by atoms with Crippen molar-refractivity contribution < 1.29 is 13.6 Å². The zero-order valence-corrected chi connectivity index (χ0v) is 10.4. The molecule has 13 heavy (non-hydrogen) atoms. The topological polar surface area (TPSA) is 35.5 Å². The van der Waals surface area contributed by atoms with Gasteiger partial charge in [-0.1, -0.05) is 20.8 Å². The summed E-state index contributed by atoms with van der Waals surface area (Å²) in [6.45, 7) is 11.8. The summed E-state index contributed by atoms with van der Waals surface area (Å²) in [5.74, 6) is 0. The molecule has 0 aromatic heterocycles. The molecule has 0 aromatic carbocycles. The van der Waals surface area contributed by atoms with E-state index in [9.17, 15) is 4.57 Å². The maximum Gasteiger partial charge on any atom is 0.327 e. The zero-order chi connectivity index (χ0) is 10.7. The molecule has 0 bridgehead atoms. The van der Waals surface area contributed by atoms with Gasteiger partial charge in [0.1, 0.15) is 0 Å². The van der Waals surface area contributed by atoms with Gasteiger partial charge in [0.15, 0.2) is 0 Å². The molecule has 0 spiro atoms. The van der Waals surface area contributed by atoms with E-state index in [2.05, 4.69) is 0 Å². The van der Waals surface area contributed by atoms with Crippen molar-refractivity contribution in [2.45, 2.75) is 40.7 Å². The Labute approximate surface area is 81.3 Å². The number of hydrogen-bond donors (Lipinski definition) is 0. The lowest BCUT2D eigenvalue weighted by Crippen LogP contribution is -2.25. The molecular weight excluding hydrogens is 187 g/mol. The molecule has 0 fully saturated rings. The Hall–Kier alpha value is 0.150. The Bertz CT molecular complexity index is 196. The Morgan fingerprint density at radius 3 is 2.15 bits per heavy atom. The molecule has 0 saturated carbocycles. The fourth-order valence-corrected chi connectivity index (χ4v) is 2.13. The normalized spacial score (nSPS) is 19.5. The third-order valence-electron chi connectivity index (χ3n) is 1.93. The standard InChI is InChI=1S/C9H21O3P/c1-7-11-13(6,10)12-8(2)9(3,4)5/h8H,7H2,1-6H3. The van der Waals surface area contributed by atoms with Crippen LogP contribution < -0.4 is 0 Å². The van der Waals surface area contributed by atoms with E-state index in [0.29, 0.717) is 6.61 Å². The highest BCUT2D eigenvalue weighted by atomic mass is 31.2. The molecule has 0 saturated heterocycles. The molecule has 0 rings (SSSR count). The van der Waals surface area contributed by atoms with Gasteiger partial charge in [0.25, 0.3) is 0 Å². The Morgan fingerprint density at radius 1 is 1.38 bits per heavy atom. The van der Waals surface area contributed by atoms with Crippen molar-refractivity contribution in [3.05, 3.63) is 0 Å². The van der Waals surface area contributed by atoms with E-state index in [0.717, 1.165) is 0 Å². The fraction of sp³-hybridized carbons (Fsp3) is 1.00. The fourth-order valence-electron chi connectivity index (χ4n) is 0.710. The summed E-state index contributed by atoms with van der Waals surface area (Å²) in [5.41, 5.74) is -0.0111. The van der Waals surface area contributed by atoms with Crippen LogP contribution in [0, 0.1) is 5.41 Å². The highest BCUT2D eigenvalue weighted by Gasteiger charge is 2.28. The molecule has 3 nitrogen and oxygen atoms in total. The van der Waals surface area contributed by atoms with Gasteiger partial charge in [-0.15, -0.1) is 0 Å². The summed E-state index contributed by atoms with van der Waals surface area (Å²) in [6.07, 6.45) is -0.0742. The van der Waals surface area contributed by atoms with Crippen LogP contribution in [0.2, 0.25) is 0 Å². The van der Waals surface area contributed by atoms with Gasteiger partial charge in [-0.3, -0.25) is 4.57 Å². The van der Waals surface area contributed by atoms with E-state index in [-0.39, 0.29) is 11.5 Å². The van der Waals surface area contributed by atoms with Crippen molar-refractivity contribution in [1.82, 2.24) is 0 Å². The molecule has 0 aliphatic heterocycles. The van der Waals surface area contributed by atoms with Gasteiger partial charge in [-0.2, -0.15) is 0 Å². The van der Waals surface area contributed by atoms with E-state index >= 15 is 0 Å². The molecule has 2 unspecified atom stereocenters. The monoisotopic (exact) mass is 208 g/mol. The first-order valence-corrected chi connectivity index (χ1v) is 6.58. The van der Waals surface area contributed by atoms with Crippen molar-refractivity contribution in [1.29, 1.82) is 0 Å². The molecule has 0 aromatic rings. The molecule has 0 aliphatic rings. The molecule has 0 radical (unpaired) electrons. The highest BCUT2D eigenvalue weighted by Crippen LogP contribution is 2.47. The summed E-state index contributed by atoms with van der Waals surface area (Å²) in [4.78, 5) is 0. The summed E-state index contributed by atoms with van der Waals surface area (Å²) < 4.78 is 22.0. The average Bonchev–Trinajstić information content (AvgIpc) is 1.83. The van der Waals surface area contributed by atoms with Crippen LogP contribution in [-0.2, 0) is 13.6 Å². The lowest BCUT2D eigenvalue weighted by Gasteiger charge is -2.29. The van der Waals surface area contributed by atoms with Gasteiger partial charge in [-0.05, 0) is 19.3 Å². The maximum atomic E-state index is 11.6. The van der Waals surface area contributed by atoms with Crippen LogP contribution in [0.3, 0.4) is 0 Å². The number of rotatable bonds is 4. The Kier molecular flexibility index (Phi) is 4.64. The third kappa shape index (κ3) is 5.45. The Balaban J connectivity index is 4.20. The molecule has 0 aliphatic carbocycles. The van der Waals surface area contributed by atoms with Crippen LogP contribution in [0.15, 0.2) is 0 Å². The van der Waals surface area contributed by atoms with Gasteiger partial charge in [0.05, 0.1) is 12.7 Å². The molecule has 0 heterocycles. The summed E-state index contributed by atoms with van der Waals surface area (Å²) in [5, 5.41) is 0. The minimum absolute atomic E-state index is 0.0111. The second-order valence-electron chi connectivity index (χ2n) is 4.30. The van der Waals surface area contributed by atoms with Crippen LogP contribution in [0.1, 0.15) is 34.6 Å². The molecule has 0 N–H and O–H groups in total. The lowest BCUT2D eigenvalue weighted by molar-refractivity contribution is 0.0814. The van der Waals surface area contributed by atoms with Crippen molar-refractivity contribution in [2.75, 3.05) is 13.3 Å². The van der Waals surface area contributed by atoms with E-state index in [4.69, 9.17) is 9.05 Å².